The Kier molecular flexibility index (Phi) is 5.39. The predicted octanol–water partition coefficient (Wildman–Crippen LogP) is 5.80. The van der Waals surface area contributed by atoms with Crippen LogP contribution in [0.2, 0.25) is 0 Å². The van der Waals surface area contributed by atoms with Crippen molar-refractivity contribution >= 4 is 22.9 Å². The number of para-hydroxylation sites is 1. The van der Waals surface area contributed by atoms with Gasteiger partial charge >= 0.3 is 5.97 Å². The number of hydrogen-bond donors (Lipinski definition) is 2. The number of rotatable bonds is 5. The highest BCUT2D eigenvalue weighted by atomic mass is 19.1. The number of aromatic amines is 1. The molecule has 2 atom stereocenters. The van der Waals surface area contributed by atoms with Crippen LogP contribution in [0.25, 0.3) is 17.0 Å². The van der Waals surface area contributed by atoms with Gasteiger partial charge in [-0.05, 0) is 55.2 Å². The van der Waals surface area contributed by atoms with Gasteiger partial charge < -0.3 is 15.0 Å². The normalized spacial score (nSPS) is 18.5. The first-order valence-corrected chi connectivity index (χ1v) is 10.3. The van der Waals surface area contributed by atoms with Gasteiger partial charge in [-0.1, -0.05) is 31.7 Å². The van der Waals surface area contributed by atoms with Gasteiger partial charge in [0.2, 0.25) is 0 Å². The molecule has 3 aromatic rings. The predicted molar refractivity (Wildman–Crippen MR) is 118 cm³/mol. The van der Waals surface area contributed by atoms with E-state index in [-0.39, 0.29) is 17.2 Å². The van der Waals surface area contributed by atoms with Crippen LogP contribution in [-0.2, 0) is 11.2 Å². The van der Waals surface area contributed by atoms with Gasteiger partial charge in [0.05, 0.1) is 5.56 Å². The first-order chi connectivity index (χ1) is 14.8. The van der Waals surface area contributed by atoms with E-state index in [0.717, 1.165) is 40.4 Å². The van der Waals surface area contributed by atoms with E-state index >= 15 is 8.78 Å². The number of halogens is 2. The van der Waals surface area contributed by atoms with Crippen molar-refractivity contribution in [3.8, 4) is 0 Å². The molecule has 4 nitrogen and oxygen atoms in total. The van der Waals surface area contributed by atoms with Crippen molar-refractivity contribution in [3.05, 3.63) is 88.8 Å². The van der Waals surface area contributed by atoms with E-state index in [0.29, 0.717) is 6.42 Å². The van der Waals surface area contributed by atoms with Gasteiger partial charge in [0.25, 0.3) is 0 Å². The third-order valence-electron chi connectivity index (χ3n) is 5.94. The highest BCUT2D eigenvalue weighted by Gasteiger charge is 2.38. The third-order valence-corrected chi connectivity index (χ3v) is 5.94. The van der Waals surface area contributed by atoms with Crippen molar-refractivity contribution in [1.29, 1.82) is 0 Å². The molecule has 2 unspecified atom stereocenters. The molecule has 2 aromatic carbocycles. The van der Waals surface area contributed by atoms with Crippen LogP contribution in [0.5, 0.6) is 0 Å². The molecular weight excluding hydrogens is 398 g/mol. The number of H-pyrrole nitrogens is 1. The molecule has 4 rings (SSSR count). The Morgan fingerprint density at radius 3 is 2.61 bits per heavy atom. The molecule has 2 heterocycles. The molecule has 6 heteroatoms. The van der Waals surface area contributed by atoms with E-state index < -0.39 is 23.6 Å². The maximum Gasteiger partial charge on any atom is 0.328 e. The Bertz CT molecular complexity index is 1190. The first-order valence-electron chi connectivity index (χ1n) is 10.3. The Morgan fingerprint density at radius 2 is 1.97 bits per heavy atom. The fraction of sp³-hybridized carbons (Fsp3) is 0.240. The fourth-order valence-electron chi connectivity index (χ4n) is 4.55. The Labute approximate surface area is 179 Å². The lowest BCUT2D eigenvalue weighted by Crippen LogP contribution is -2.42. The van der Waals surface area contributed by atoms with Gasteiger partial charge in [-0.2, -0.15) is 0 Å². The number of allylic oxidation sites excluding steroid dienone is 1. The molecule has 2 N–H and O–H groups in total. The van der Waals surface area contributed by atoms with Crippen LogP contribution in [0.1, 0.15) is 48.7 Å². The quantitative estimate of drug-likeness (QED) is 0.511. The maximum atomic E-state index is 15.3. The molecule has 0 saturated carbocycles. The van der Waals surface area contributed by atoms with Crippen molar-refractivity contribution in [1.82, 2.24) is 9.88 Å². The maximum absolute atomic E-state index is 15.3. The highest BCUT2D eigenvalue weighted by Crippen LogP contribution is 2.44. The van der Waals surface area contributed by atoms with Crippen molar-refractivity contribution in [3.63, 3.8) is 0 Å². The van der Waals surface area contributed by atoms with Crippen molar-refractivity contribution < 1.29 is 18.7 Å². The number of aromatic nitrogens is 1. The summed E-state index contributed by atoms with van der Waals surface area (Å²) in [4.78, 5) is 16.2. The number of nitrogens with zero attached hydrogens (tertiary/aromatic N) is 1. The molecule has 0 amide bonds. The number of benzene rings is 2. The summed E-state index contributed by atoms with van der Waals surface area (Å²) in [5.74, 6) is -2.62. The van der Waals surface area contributed by atoms with Gasteiger partial charge in [0, 0.05) is 34.4 Å². The summed E-state index contributed by atoms with van der Waals surface area (Å²) in [5.41, 5.74) is 3.64. The van der Waals surface area contributed by atoms with Crippen molar-refractivity contribution in [2.24, 2.45) is 0 Å². The smallest absolute Gasteiger partial charge is 0.328 e. The second kappa shape index (κ2) is 8.02. The number of hydrogen-bond acceptors (Lipinski definition) is 2. The van der Waals surface area contributed by atoms with Crippen LogP contribution in [-0.4, -0.2) is 27.0 Å². The topological polar surface area (TPSA) is 56.3 Å². The van der Waals surface area contributed by atoms with E-state index in [4.69, 9.17) is 5.11 Å². The molecule has 0 saturated heterocycles. The Morgan fingerprint density at radius 1 is 1.29 bits per heavy atom. The molecule has 31 heavy (non-hydrogen) atoms. The molecule has 0 spiro atoms. The van der Waals surface area contributed by atoms with Crippen LogP contribution in [0, 0.1) is 11.6 Å². The highest BCUT2D eigenvalue weighted by molar-refractivity contribution is 5.86. The molecule has 1 aromatic heterocycles. The second-order valence-electron chi connectivity index (χ2n) is 7.92. The molecule has 160 valence electrons. The molecular formula is C25H24F2N2O2. The lowest BCUT2D eigenvalue weighted by Gasteiger charge is -2.43. The number of carbonyl (C=O) groups is 1. The van der Waals surface area contributed by atoms with Gasteiger partial charge in [-0.15, -0.1) is 0 Å². The SMILES string of the molecule is C=C(CC)N1C(C)Cc2c([nH]c3ccccc23)C1c1c(F)cc(/C=C/C(=O)O)cc1F. The zero-order valence-corrected chi connectivity index (χ0v) is 17.5. The van der Waals surface area contributed by atoms with Crippen molar-refractivity contribution in [2.75, 3.05) is 0 Å². The Balaban J connectivity index is 1.94. The zero-order chi connectivity index (χ0) is 22.3. The minimum absolute atomic E-state index is 0.00506. The average Bonchev–Trinajstić information content (AvgIpc) is 3.09. The van der Waals surface area contributed by atoms with Gasteiger partial charge in [0.15, 0.2) is 0 Å². The average molecular weight is 422 g/mol. The van der Waals surface area contributed by atoms with Crippen LogP contribution >= 0.6 is 0 Å². The summed E-state index contributed by atoms with van der Waals surface area (Å²) < 4.78 is 30.7. The lowest BCUT2D eigenvalue weighted by atomic mass is 9.87. The van der Waals surface area contributed by atoms with Crippen LogP contribution < -0.4 is 0 Å². The third kappa shape index (κ3) is 3.63. The summed E-state index contributed by atoms with van der Waals surface area (Å²) >= 11 is 0. The standard InChI is InChI=1S/C25H24F2N2O2/c1-4-14(2)29-15(3)11-18-17-7-5-6-8-21(17)28-24(18)25(29)23-19(26)12-16(13-20(23)27)9-10-22(30)31/h5-10,12-13,15,25,28H,2,4,11H2,1,3H3,(H,30,31)/b10-9+. The van der Waals surface area contributed by atoms with E-state index in [2.05, 4.69) is 11.6 Å². The monoisotopic (exact) mass is 422 g/mol. The number of carboxylic acids is 1. The largest absolute Gasteiger partial charge is 0.478 e. The van der Waals surface area contributed by atoms with Crippen LogP contribution in [0.3, 0.4) is 0 Å². The van der Waals surface area contributed by atoms with E-state index in [9.17, 15) is 4.79 Å². The summed E-state index contributed by atoms with van der Waals surface area (Å²) in [5, 5.41) is 9.86. The van der Waals surface area contributed by atoms with Gasteiger partial charge in [-0.3, -0.25) is 0 Å². The Hall–Kier alpha value is -3.41. The van der Waals surface area contributed by atoms with E-state index in [1.807, 2.05) is 43.0 Å². The zero-order valence-electron chi connectivity index (χ0n) is 17.5. The van der Waals surface area contributed by atoms with E-state index in [1.54, 1.807) is 0 Å². The van der Waals surface area contributed by atoms with E-state index in [1.165, 1.54) is 18.2 Å². The fourth-order valence-corrected chi connectivity index (χ4v) is 4.55. The molecule has 1 aliphatic heterocycles. The second-order valence-corrected chi connectivity index (χ2v) is 7.92. The first kappa shape index (κ1) is 20.8. The van der Waals surface area contributed by atoms with Gasteiger partial charge in [0.1, 0.15) is 17.7 Å². The summed E-state index contributed by atoms with van der Waals surface area (Å²) in [6, 6.07) is 9.50. The molecule has 0 bridgehead atoms. The lowest BCUT2D eigenvalue weighted by molar-refractivity contribution is -0.131. The number of nitrogens with one attached hydrogen (secondary N) is 1. The number of carboxylic acid groups (broad SMARTS) is 1. The number of fused-ring (bicyclic) bond motifs is 3. The molecule has 0 aliphatic carbocycles. The van der Waals surface area contributed by atoms with Crippen LogP contribution in [0.15, 0.2) is 54.8 Å². The van der Waals surface area contributed by atoms with Gasteiger partial charge in [-0.25, -0.2) is 13.6 Å². The minimum atomic E-state index is -1.18. The minimum Gasteiger partial charge on any atom is -0.478 e. The summed E-state index contributed by atoms with van der Waals surface area (Å²) in [6.45, 7) is 8.18. The van der Waals surface area contributed by atoms with Crippen LogP contribution in [0.4, 0.5) is 8.78 Å². The summed E-state index contributed by atoms with van der Waals surface area (Å²) in [7, 11) is 0. The molecule has 0 radical (unpaired) electrons. The molecule has 0 fully saturated rings. The molecule has 1 aliphatic rings. The number of aliphatic carboxylic acids is 1. The summed E-state index contributed by atoms with van der Waals surface area (Å²) in [6.07, 6.45) is 3.42. The van der Waals surface area contributed by atoms with Crippen molar-refractivity contribution in [2.45, 2.75) is 38.8 Å².